The number of amides is 1. The van der Waals surface area contributed by atoms with Gasteiger partial charge in [0.15, 0.2) is 6.10 Å². The van der Waals surface area contributed by atoms with Crippen LogP contribution < -0.4 is 10.2 Å². The van der Waals surface area contributed by atoms with Crippen molar-refractivity contribution in [1.29, 1.82) is 0 Å². The van der Waals surface area contributed by atoms with Crippen LogP contribution in [0.15, 0.2) is 65.8 Å². The standard InChI is InChI=1S/C19H20N2O2/c1-15-10-12-18(13-11-15)23-16(2)19(22)21-20-14-6-9-17-7-4-3-5-8-17/h3-14,16H,1-2H3,(H,21,22)/b9-6+,20-14-/t16-/m1/s1. The second-order valence-corrected chi connectivity index (χ2v) is 5.10. The smallest absolute Gasteiger partial charge is 0.280 e. The number of nitrogens with one attached hydrogen (secondary N) is 1. The van der Waals surface area contributed by atoms with Crippen LogP contribution >= 0.6 is 0 Å². The lowest BCUT2D eigenvalue weighted by Gasteiger charge is -2.12. The predicted octanol–water partition coefficient (Wildman–Crippen LogP) is 3.58. The zero-order chi connectivity index (χ0) is 16.5. The molecule has 2 aromatic rings. The first-order valence-electron chi connectivity index (χ1n) is 7.43. The lowest BCUT2D eigenvalue weighted by molar-refractivity contribution is -0.127. The highest BCUT2D eigenvalue weighted by molar-refractivity contribution is 5.83. The first-order valence-corrected chi connectivity index (χ1v) is 7.43. The number of hydrogen-bond donors (Lipinski definition) is 1. The molecule has 0 unspecified atom stereocenters. The molecule has 0 spiro atoms. The molecular weight excluding hydrogens is 288 g/mol. The Labute approximate surface area is 136 Å². The molecule has 4 nitrogen and oxygen atoms in total. The molecule has 1 amide bonds. The zero-order valence-electron chi connectivity index (χ0n) is 13.3. The molecule has 0 bridgehead atoms. The van der Waals surface area contributed by atoms with Crippen LogP contribution in [-0.2, 0) is 4.79 Å². The fourth-order valence-electron chi connectivity index (χ4n) is 1.83. The summed E-state index contributed by atoms with van der Waals surface area (Å²) in [4.78, 5) is 11.9. The Morgan fingerprint density at radius 1 is 1.13 bits per heavy atom. The third-order valence-electron chi connectivity index (χ3n) is 3.13. The van der Waals surface area contributed by atoms with E-state index in [1.54, 1.807) is 13.0 Å². The summed E-state index contributed by atoms with van der Waals surface area (Å²) in [6, 6.07) is 17.4. The molecule has 0 saturated heterocycles. The van der Waals surface area contributed by atoms with Crippen LogP contribution in [0.25, 0.3) is 6.08 Å². The molecule has 0 aliphatic carbocycles. The van der Waals surface area contributed by atoms with Crippen LogP contribution in [-0.4, -0.2) is 18.2 Å². The molecular formula is C19H20N2O2. The number of hydrogen-bond acceptors (Lipinski definition) is 3. The molecule has 0 aromatic heterocycles. The minimum Gasteiger partial charge on any atom is -0.481 e. The second-order valence-electron chi connectivity index (χ2n) is 5.10. The number of benzene rings is 2. The molecule has 2 rings (SSSR count). The lowest BCUT2D eigenvalue weighted by atomic mass is 10.2. The Morgan fingerprint density at radius 3 is 2.52 bits per heavy atom. The lowest BCUT2D eigenvalue weighted by Crippen LogP contribution is -2.33. The van der Waals surface area contributed by atoms with Crippen molar-refractivity contribution in [1.82, 2.24) is 5.43 Å². The van der Waals surface area contributed by atoms with E-state index in [2.05, 4.69) is 10.5 Å². The Morgan fingerprint density at radius 2 is 1.83 bits per heavy atom. The van der Waals surface area contributed by atoms with E-state index in [1.165, 1.54) is 6.21 Å². The van der Waals surface area contributed by atoms with Crippen LogP contribution in [0.4, 0.5) is 0 Å². The highest BCUT2D eigenvalue weighted by atomic mass is 16.5. The molecule has 1 N–H and O–H groups in total. The van der Waals surface area contributed by atoms with Gasteiger partial charge in [0.25, 0.3) is 5.91 Å². The van der Waals surface area contributed by atoms with Crippen LogP contribution in [0.5, 0.6) is 5.75 Å². The van der Waals surface area contributed by atoms with Gasteiger partial charge in [-0.15, -0.1) is 0 Å². The zero-order valence-corrected chi connectivity index (χ0v) is 13.3. The third-order valence-corrected chi connectivity index (χ3v) is 3.13. The highest BCUT2D eigenvalue weighted by Gasteiger charge is 2.13. The molecule has 0 saturated carbocycles. The Balaban J connectivity index is 1.78. The number of carbonyl (C=O) groups excluding carboxylic acids is 1. The highest BCUT2D eigenvalue weighted by Crippen LogP contribution is 2.13. The minimum atomic E-state index is -0.618. The summed E-state index contributed by atoms with van der Waals surface area (Å²) in [5, 5.41) is 3.87. The molecule has 118 valence electrons. The van der Waals surface area contributed by atoms with E-state index in [4.69, 9.17) is 4.74 Å². The summed E-state index contributed by atoms with van der Waals surface area (Å²) < 4.78 is 5.55. The van der Waals surface area contributed by atoms with Gasteiger partial charge in [-0.3, -0.25) is 4.79 Å². The molecule has 0 aliphatic heterocycles. The molecule has 0 fully saturated rings. The second kappa shape index (κ2) is 8.54. The number of ether oxygens (including phenoxy) is 1. The average Bonchev–Trinajstić information content (AvgIpc) is 2.57. The van der Waals surface area contributed by atoms with Gasteiger partial charge in [0.1, 0.15) is 5.75 Å². The Bertz CT molecular complexity index is 676. The summed E-state index contributed by atoms with van der Waals surface area (Å²) in [5.41, 5.74) is 4.67. The van der Waals surface area contributed by atoms with Crippen molar-refractivity contribution in [2.24, 2.45) is 5.10 Å². The van der Waals surface area contributed by atoms with Crippen molar-refractivity contribution in [2.75, 3.05) is 0 Å². The van der Waals surface area contributed by atoms with Crippen LogP contribution in [0, 0.1) is 6.92 Å². The van der Waals surface area contributed by atoms with Crippen molar-refractivity contribution in [3.05, 3.63) is 71.8 Å². The number of allylic oxidation sites excluding steroid dienone is 1. The summed E-state index contributed by atoms with van der Waals surface area (Å²) in [5.74, 6) is 0.362. The van der Waals surface area contributed by atoms with E-state index in [0.717, 1.165) is 11.1 Å². The molecule has 0 radical (unpaired) electrons. The molecule has 1 atom stereocenters. The molecule has 0 heterocycles. The summed E-state index contributed by atoms with van der Waals surface area (Å²) in [6.07, 6.45) is 4.58. The SMILES string of the molecule is Cc1ccc(O[C@H](C)C(=O)N/N=C\C=C\c2ccccc2)cc1. The predicted molar refractivity (Wildman–Crippen MR) is 93.4 cm³/mol. The number of hydrazone groups is 1. The number of rotatable bonds is 6. The van der Waals surface area contributed by atoms with Gasteiger partial charge in [0.2, 0.25) is 0 Å². The van der Waals surface area contributed by atoms with E-state index in [-0.39, 0.29) is 5.91 Å². The van der Waals surface area contributed by atoms with Gasteiger partial charge in [0.05, 0.1) is 0 Å². The van der Waals surface area contributed by atoms with Crippen molar-refractivity contribution in [2.45, 2.75) is 20.0 Å². The van der Waals surface area contributed by atoms with Gasteiger partial charge in [-0.1, -0.05) is 54.1 Å². The average molecular weight is 308 g/mol. The van der Waals surface area contributed by atoms with E-state index >= 15 is 0 Å². The summed E-state index contributed by atoms with van der Waals surface area (Å²) >= 11 is 0. The number of nitrogens with zero attached hydrogens (tertiary/aromatic N) is 1. The molecule has 4 heteroatoms. The van der Waals surface area contributed by atoms with Crippen molar-refractivity contribution >= 4 is 18.2 Å². The first kappa shape index (κ1) is 16.5. The van der Waals surface area contributed by atoms with Crippen molar-refractivity contribution in [3.8, 4) is 5.75 Å². The Hall–Kier alpha value is -2.88. The van der Waals surface area contributed by atoms with E-state index in [1.807, 2.05) is 67.6 Å². The van der Waals surface area contributed by atoms with Crippen LogP contribution in [0.3, 0.4) is 0 Å². The van der Waals surface area contributed by atoms with E-state index in [9.17, 15) is 4.79 Å². The maximum Gasteiger partial charge on any atom is 0.280 e. The maximum absolute atomic E-state index is 11.9. The van der Waals surface area contributed by atoms with Crippen LogP contribution in [0.2, 0.25) is 0 Å². The van der Waals surface area contributed by atoms with E-state index < -0.39 is 6.10 Å². The van der Waals surface area contributed by atoms with Gasteiger partial charge in [-0.05, 0) is 37.6 Å². The summed E-state index contributed by atoms with van der Waals surface area (Å²) in [6.45, 7) is 3.68. The monoisotopic (exact) mass is 308 g/mol. The van der Waals surface area contributed by atoms with Gasteiger partial charge in [-0.25, -0.2) is 5.43 Å². The minimum absolute atomic E-state index is 0.296. The van der Waals surface area contributed by atoms with Crippen molar-refractivity contribution < 1.29 is 9.53 Å². The Kier molecular flexibility index (Phi) is 6.12. The van der Waals surface area contributed by atoms with Gasteiger partial charge in [0, 0.05) is 6.21 Å². The normalized spacial score (nSPS) is 12.4. The largest absolute Gasteiger partial charge is 0.481 e. The first-order chi connectivity index (χ1) is 11.1. The molecule has 23 heavy (non-hydrogen) atoms. The fourth-order valence-corrected chi connectivity index (χ4v) is 1.83. The summed E-state index contributed by atoms with van der Waals surface area (Å²) in [7, 11) is 0. The topological polar surface area (TPSA) is 50.7 Å². The van der Waals surface area contributed by atoms with Gasteiger partial charge < -0.3 is 4.74 Å². The van der Waals surface area contributed by atoms with Crippen molar-refractivity contribution in [3.63, 3.8) is 0 Å². The van der Waals surface area contributed by atoms with Crippen LogP contribution in [0.1, 0.15) is 18.1 Å². The molecule has 0 aliphatic rings. The van der Waals surface area contributed by atoms with E-state index in [0.29, 0.717) is 5.75 Å². The molecule has 2 aromatic carbocycles. The van der Waals surface area contributed by atoms with Gasteiger partial charge in [-0.2, -0.15) is 5.10 Å². The number of carbonyl (C=O) groups is 1. The quantitative estimate of drug-likeness (QED) is 0.655. The van der Waals surface area contributed by atoms with Gasteiger partial charge >= 0.3 is 0 Å². The third kappa shape index (κ3) is 5.79. The fraction of sp³-hybridized carbons (Fsp3) is 0.158. The number of aryl methyl sites for hydroxylation is 1. The maximum atomic E-state index is 11.9.